The first-order valence-corrected chi connectivity index (χ1v) is 7.18. The quantitative estimate of drug-likeness (QED) is 0.567. The highest BCUT2D eigenvalue weighted by molar-refractivity contribution is 9.10. The number of aromatic amines is 1. The monoisotopic (exact) mass is 340 g/mol. The highest BCUT2D eigenvalue weighted by atomic mass is 79.9. The first kappa shape index (κ1) is 12.3. The van der Waals surface area contributed by atoms with E-state index in [-0.39, 0.29) is 5.56 Å². The molecule has 2 aromatic heterocycles. The smallest absolute Gasteiger partial charge is 0.259 e. The Hall–Kier alpha value is -2.40. The van der Waals surface area contributed by atoms with Gasteiger partial charge in [0.05, 0.1) is 10.9 Å². The lowest BCUT2D eigenvalue weighted by Gasteiger charge is -2.00. The number of nitrogens with zero attached hydrogens (tertiary/aromatic N) is 1. The lowest BCUT2D eigenvalue weighted by atomic mass is 10.2. The van der Waals surface area contributed by atoms with Crippen molar-refractivity contribution in [2.24, 2.45) is 0 Å². The minimum atomic E-state index is -0.184. The molecule has 0 aliphatic heterocycles. The number of halogens is 1. The molecule has 102 valence electrons. The molecule has 2 aromatic carbocycles. The lowest BCUT2D eigenvalue weighted by Crippen LogP contribution is -2.09. The van der Waals surface area contributed by atoms with Crippen molar-refractivity contribution in [1.29, 1.82) is 0 Å². The highest BCUT2D eigenvalue weighted by Gasteiger charge is 2.10. The van der Waals surface area contributed by atoms with Crippen molar-refractivity contribution in [2.75, 3.05) is 0 Å². The molecule has 0 spiro atoms. The van der Waals surface area contributed by atoms with Crippen molar-refractivity contribution in [3.05, 3.63) is 63.4 Å². The number of nitrogens with one attached hydrogen (secondary N) is 1. The molecule has 0 amide bonds. The van der Waals surface area contributed by atoms with Crippen molar-refractivity contribution in [3.63, 3.8) is 0 Å². The van der Waals surface area contributed by atoms with Crippen LogP contribution in [-0.2, 0) is 0 Å². The van der Waals surface area contributed by atoms with Crippen LogP contribution in [0.5, 0.6) is 0 Å². The number of fused-ring (bicyclic) bond motifs is 2. The standard InChI is InChI=1S/C16H9BrN2O2/c17-10-5-6-12-11(8-10)16(20)19-15(18-12)14-7-9-3-1-2-4-13(9)21-14/h1-8H,(H,18,19,20). The van der Waals surface area contributed by atoms with Gasteiger partial charge in [0.2, 0.25) is 0 Å². The first-order chi connectivity index (χ1) is 10.2. The molecule has 0 saturated carbocycles. The maximum absolute atomic E-state index is 12.2. The number of aromatic nitrogens is 2. The summed E-state index contributed by atoms with van der Waals surface area (Å²) < 4.78 is 6.59. The van der Waals surface area contributed by atoms with Gasteiger partial charge in [0, 0.05) is 9.86 Å². The summed E-state index contributed by atoms with van der Waals surface area (Å²) >= 11 is 3.35. The van der Waals surface area contributed by atoms with Gasteiger partial charge in [0.25, 0.3) is 5.56 Å². The molecule has 0 unspecified atom stereocenters. The van der Waals surface area contributed by atoms with Crippen LogP contribution < -0.4 is 5.56 Å². The van der Waals surface area contributed by atoms with Crippen LogP contribution in [0.4, 0.5) is 0 Å². The summed E-state index contributed by atoms with van der Waals surface area (Å²) in [7, 11) is 0. The van der Waals surface area contributed by atoms with E-state index in [2.05, 4.69) is 25.9 Å². The van der Waals surface area contributed by atoms with Crippen molar-refractivity contribution >= 4 is 37.8 Å². The van der Waals surface area contributed by atoms with E-state index in [1.165, 1.54) is 0 Å². The van der Waals surface area contributed by atoms with E-state index in [0.717, 1.165) is 15.4 Å². The molecular weight excluding hydrogens is 332 g/mol. The Balaban J connectivity index is 1.98. The molecule has 0 radical (unpaired) electrons. The molecule has 4 nitrogen and oxygen atoms in total. The third-order valence-electron chi connectivity index (χ3n) is 3.33. The fourth-order valence-corrected chi connectivity index (χ4v) is 2.69. The zero-order chi connectivity index (χ0) is 14.4. The van der Waals surface area contributed by atoms with Crippen LogP contribution in [0, 0.1) is 0 Å². The minimum Gasteiger partial charge on any atom is -0.453 e. The van der Waals surface area contributed by atoms with Crippen LogP contribution in [-0.4, -0.2) is 9.97 Å². The van der Waals surface area contributed by atoms with Crippen LogP contribution >= 0.6 is 15.9 Å². The van der Waals surface area contributed by atoms with Crippen LogP contribution in [0.15, 0.2) is 62.2 Å². The Labute approximate surface area is 127 Å². The van der Waals surface area contributed by atoms with E-state index < -0.39 is 0 Å². The van der Waals surface area contributed by atoms with E-state index in [1.807, 2.05) is 36.4 Å². The summed E-state index contributed by atoms with van der Waals surface area (Å²) in [4.78, 5) is 19.4. The maximum Gasteiger partial charge on any atom is 0.259 e. The predicted molar refractivity (Wildman–Crippen MR) is 85.3 cm³/mol. The number of benzene rings is 2. The maximum atomic E-state index is 12.2. The molecule has 0 bridgehead atoms. The van der Waals surface area contributed by atoms with Crippen molar-refractivity contribution in [1.82, 2.24) is 9.97 Å². The summed E-state index contributed by atoms with van der Waals surface area (Å²) in [5.41, 5.74) is 1.22. The Morgan fingerprint density at radius 1 is 1.10 bits per heavy atom. The molecule has 0 fully saturated rings. The Kier molecular flexibility index (Phi) is 2.68. The van der Waals surface area contributed by atoms with E-state index in [9.17, 15) is 4.79 Å². The average molecular weight is 341 g/mol. The second-order valence-corrected chi connectivity index (χ2v) is 5.64. The van der Waals surface area contributed by atoms with Crippen molar-refractivity contribution in [2.45, 2.75) is 0 Å². The summed E-state index contributed by atoms with van der Waals surface area (Å²) in [5.74, 6) is 0.990. The Morgan fingerprint density at radius 2 is 1.95 bits per heavy atom. The van der Waals surface area contributed by atoms with Gasteiger partial charge in [0.1, 0.15) is 5.58 Å². The van der Waals surface area contributed by atoms with Crippen molar-refractivity contribution < 1.29 is 4.42 Å². The van der Waals surface area contributed by atoms with Crippen LogP contribution in [0.25, 0.3) is 33.5 Å². The van der Waals surface area contributed by atoms with Gasteiger partial charge in [-0.15, -0.1) is 0 Å². The highest BCUT2D eigenvalue weighted by Crippen LogP contribution is 2.26. The summed E-state index contributed by atoms with van der Waals surface area (Å²) in [6.45, 7) is 0. The van der Waals surface area contributed by atoms with E-state index in [4.69, 9.17) is 4.42 Å². The van der Waals surface area contributed by atoms with Crippen LogP contribution in [0.3, 0.4) is 0 Å². The zero-order valence-corrected chi connectivity index (χ0v) is 12.3. The topological polar surface area (TPSA) is 58.9 Å². The lowest BCUT2D eigenvalue weighted by molar-refractivity contribution is 0.625. The minimum absolute atomic E-state index is 0.184. The van der Waals surface area contributed by atoms with Crippen molar-refractivity contribution in [3.8, 4) is 11.6 Å². The van der Waals surface area contributed by atoms with E-state index in [1.54, 1.807) is 12.1 Å². The molecule has 1 N–H and O–H groups in total. The predicted octanol–water partition coefficient (Wildman–Crippen LogP) is 4.10. The van der Waals surface area contributed by atoms with Gasteiger partial charge >= 0.3 is 0 Å². The molecule has 0 aliphatic carbocycles. The molecule has 4 rings (SSSR count). The number of furan rings is 1. The zero-order valence-electron chi connectivity index (χ0n) is 10.8. The third-order valence-corrected chi connectivity index (χ3v) is 3.82. The molecule has 4 aromatic rings. The third kappa shape index (κ3) is 2.06. The number of hydrogen-bond acceptors (Lipinski definition) is 3. The van der Waals surface area contributed by atoms with Gasteiger partial charge in [-0.3, -0.25) is 4.79 Å². The molecule has 2 heterocycles. The number of H-pyrrole nitrogens is 1. The molecule has 0 saturated heterocycles. The summed E-state index contributed by atoms with van der Waals surface area (Å²) in [5, 5.41) is 1.52. The first-order valence-electron chi connectivity index (χ1n) is 6.39. The summed E-state index contributed by atoms with van der Waals surface area (Å²) in [6, 6.07) is 15.0. The van der Waals surface area contributed by atoms with Crippen LogP contribution in [0.1, 0.15) is 0 Å². The van der Waals surface area contributed by atoms with E-state index >= 15 is 0 Å². The number of hydrogen-bond donors (Lipinski definition) is 1. The van der Waals surface area contributed by atoms with Gasteiger partial charge in [0.15, 0.2) is 11.6 Å². The SMILES string of the molecule is O=c1[nH]c(-c2cc3ccccc3o2)nc2ccc(Br)cc12. The van der Waals surface area contributed by atoms with Gasteiger partial charge in [-0.25, -0.2) is 4.98 Å². The number of rotatable bonds is 1. The Bertz CT molecular complexity index is 1000. The van der Waals surface area contributed by atoms with Gasteiger partial charge in [-0.05, 0) is 30.3 Å². The second-order valence-electron chi connectivity index (χ2n) is 4.72. The molecule has 0 atom stereocenters. The molecule has 0 aliphatic rings. The normalized spacial score (nSPS) is 11.3. The molecular formula is C16H9BrN2O2. The molecule has 21 heavy (non-hydrogen) atoms. The van der Waals surface area contributed by atoms with Gasteiger partial charge < -0.3 is 9.40 Å². The second kappa shape index (κ2) is 4.56. The van der Waals surface area contributed by atoms with E-state index in [0.29, 0.717) is 22.5 Å². The fraction of sp³-hybridized carbons (Fsp3) is 0. The average Bonchev–Trinajstić information content (AvgIpc) is 2.92. The van der Waals surface area contributed by atoms with Gasteiger partial charge in [-0.1, -0.05) is 34.1 Å². The van der Waals surface area contributed by atoms with Gasteiger partial charge in [-0.2, -0.15) is 0 Å². The summed E-state index contributed by atoms with van der Waals surface area (Å²) in [6.07, 6.45) is 0. The largest absolute Gasteiger partial charge is 0.453 e. The Morgan fingerprint density at radius 3 is 2.81 bits per heavy atom. The fourth-order valence-electron chi connectivity index (χ4n) is 2.33. The molecule has 5 heteroatoms. The number of para-hydroxylation sites is 1. The van der Waals surface area contributed by atoms with Crippen LogP contribution in [0.2, 0.25) is 0 Å².